The summed E-state index contributed by atoms with van der Waals surface area (Å²) < 4.78 is 46.5. The van der Waals surface area contributed by atoms with Gasteiger partial charge in [0.15, 0.2) is 16.6 Å². The minimum atomic E-state index is -2.71. The molecule has 0 aliphatic heterocycles. The van der Waals surface area contributed by atoms with E-state index in [1.54, 1.807) is 72.8 Å². The molecule has 16 nitrogen and oxygen atoms in total. The molecule has 0 amide bonds. The molecular weight excluding hydrogens is 941 g/mol. The molecule has 0 N–H and O–H groups in total. The van der Waals surface area contributed by atoms with Gasteiger partial charge in [0.2, 0.25) is 0 Å². The van der Waals surface area contributed by atoms with Crippen molar-refractivity contribution < 1.29 is 75.0 Å². The first kappa shape index (κ1) is 55.5. The Bertz CT molecular complexity index is 2040. The molecule has 0 spiro atoms. The number of ketones is 4. The predicted octanol–water partition coefficient (Wildman–Crippen LogP) is 7.39. The molecule has 4 aromatic rings. The molecule has 0 bridgehead atoms. The Kier molecular flexibility index (Phi) is 21.9. The largest absolute Gasteiger partial charge is 0.457 e. The smallest absolute Gasteiger partial charge is 0.379 e. The van der Waals surface area contributed by atoms with Crippen LogP contribution in [-0.4, -0.2) is 124 Å². The second-order valence-corrected chi connectivity index (χ2v) is 30.0. The third-order valence-corrected chi connectivity index (χ3v) is 21.6. The minimum Gasteiger partial charge on any atom is -0.457 e. The fraction of sp³-hybridized carbons (Fsp3) is 0.360. The number of carbonyl (C=O) groups is 8. The Labute approximate surface area is 405 Å². The van der Waals surface area contributed by atoms with Crippen molar-refractivity contribution in [3.63, 3.8) is 0 Å². The summed E-state index contributed by atoms with van der Waals surface area (Å²) in [5.41, 5.74) is 0.609. The summed E-state index contributed by atoms with van der Waals surface area (Å²) in [4.78, 5) is 101. The lowest BCUT2D eigenvalue weighted by atomic mass is 10.1. The molecule has 0 fully saturated rings. The average molecular weight is 1000 g/mol. The quantitative estimate of drug-likeness (QED) is 0.0125. The molecule has 0 radical (unpaired) electrons. The second-order valence-electron chi connectivity index (χ2n) is 17.5. The van der Waals surface area contributed by atoms with Crippen LogP contribution in [0.3, 0.4) is 0 Å². The van der Waals surface area contributed by atoms with E-state index in [4.69, 9.17) is 36.7 Å². The molecule has 4 aromatic carbocycles. The number of rotatable bonds is 30. The normalized spacial score (nSPS) is 11.7. The minimum absolute atomic E-state index is 0.152. The first-order valence-electron chi connectivity index (χ1n) is 22.5. The van der Waals surface area contributed by atoms with E-state index in [-0.39, 0.29) is 35.5 Å². The van der Waals surface area contributed by atoms with Gasteiger partial charge in [0.1, 0.15) is 38.6 Å². The van der Waals surface area contributed by atoms with Crippen LogP contribution < -0.4 is 0 Å². The maximum Gasteiger partial charge on any atom is 0.379 e. The number of ether oxygens (including phenoxy) is 6. The van der Waals surface area contributed by atoms with Crippen LogP contribution >= 0.6 is 0 Å². The zero-order valence-corrected chi connectivity index (χ0v) is 42.8. The number of carbonyl (C=O) groups excluding carboxylic acids is 8. The van der Waals surface area contributed by atoms with Crippen molar-refractivity contribution >= 4 is 72.2 Å². The van der Waals surface area contributed by atoms with E-state index in [2.05, 4.69) is 26.2 Å². The molecule has 69 heavy (non-hydrogen) atoms. The van der Waals surface area contributed by atoms with Crippen molar-refractivity contribution in [1.29, 1.82) is 0 Å². The van der Waals surface area contributed by atoms with Gasteiger partial charge in [-0.2, -0.15) is 0 Å². The summed E-state index contributed by atoms with van der Waals surface area (Å²) in [6, 6.07) is 33.0. The van der Waals surface area contributed by atoms with Crippen LogP contribution in [0.1, 0.15) is 54.3 Å². The van der Waals surface area contributed by atoms with Crippen LogP contribution in [0, 0.1) is 0 Å². The highest BCUT2D eigenvalue weighted by molar-refractivity contribution is 6.87. The van der Waals surface area contributed by atoms with Crippen LogP contribution in [0.4, 0.5) is 0 Å². The summed E-state index contributed by atoms with van der Waals surface area (Å²) in [5, 5.41) is 0. The Hall–Kier alpha value is -6.07. The van der Waals surface area contributed by atoms with Crippen LogP contribution in [0.15, 0.2) is 121 Å². The number of hydrogen-bond acceptors (Lipinski definition) is 16. The average Bonchev–Trinajstić information content (AvgIpc) is 3.34. The number of esters is 4. The lowest BCUT2D eigenvalue weighted by Crippen LogP contribution is -2.52. The zero-order valence-electron chi connectivity index (χ0n) is 39.8. The number of benzene rings is 4. The summed E-state index contributed by atoms with van der Waals surface area (Å²) in [6.07, 6.45) is -0.903. The van der Waals surface area contributed by atoms with Crippen LogP contribution in [-0.2, 0) is 55.8 Å². The highest BCUT2D eigenvalue weighted by Gasteiger charge is 2.39. The molecule has 4 rings (SSSR count). The van der Waals surface area contributed by atoms with E-state index in [9.17, 15) is 38.4 Å². The van der Waals surface area contributed by atoms with Gasteiger partial charge >= 0.3 is 32.4 Å². The van der Waals surface area contributed by atoms with Crippen molar-refractivity contribution in [2.75, 3.05) is 39.6 Å². The van der Waals surface area contributed by atoms with E-state index >= 15 is 0 Å². The predicted molar refractivity (Wildman–Crippen MR) is 260 cm³/mol. The van der Waals surface area contributed by atoms with Gasteiger partial charge in [-0.05, 0) is 64.2 Å². The summed E-state index contributed by atoms with van der Waals surface area (Å²) in [6.45, 7) is 10.9. The van der Waals surface area contributed by atoms with Gasteiger partial charge < -0.3 is 36.7 Å². The summed E-state index contributed by atoms with van der Waals surface area (Å²) in [7, 11) is -7.46. The third-order valence-electron chi connectivity index (χ3n) is 10.1. The Morgan fingerprint density at radius 2 is 0.609 bits per heavy atom. The molecule has 0 aromatic heterocycles. The monoisotopic (exact) mass is 1000 g/mol. The fourth-order valence-corrected chi connectivity index (χ4v) is 21.0. The lowest BCUT2D eigenvalue weighted by Gasteiger charge is -2.39. The van der Waals surface area contributed by atoms with Crippen molar-refractivity contribution in [3.8, 4) is 0 Å². The molecule has 0 heterocycles. The first-order chi connectivity index (χ1) is 32.8. The van der Waals surface area contributed by atoms with E-state index in [0.29, 0.717) is 24.9 Å². The van der Waals surface area contributed by atoms with Crippen molar-refractivity contribution in [3.05, 3.63) is 144 Å². The Morgan fingerprint density at radius 3 is 0.841 bits per heavy atom. The SMILES string of the molecule is C[Si](C)(CCCOC(COC(=O)C(=O)c1ccccc1)COC(=O)C(=O)c1ccccc1)O[Si](C)(C)O[Si](C)(C)CCCOC(COC(=O)C(=O)c1ccccc1)COC(=O)C(=O)c1ccccc1. The number of Topliss-reactive ketones (excluding diaryl/α,β-unsaturated/α-hetero) is 4. The van der Waals surface area contributed by atoms with E-state index in [1.807, 2.05) is 13.1 Å². The van der Waals surface area contributed by atoms with Crippen molar-refractivity contribution in [2.24, 2.45) is 0 Å². The lowest BCUT2D eigenvalue weighted by molar-refractivity contribution is -0.150. The summed E-state index contributed by atoms with van der Waals surface area (Å²) in [5.74, 6) is -7.81. The molecule has 0 aliphatic rings. The highest BCUT2D eigenvalue weighted by atomic mass is 28.5. The van der Waals surface area contributed by atoms with Crippen LogP contribution in [0.2, 0.25) is 51.4 Å². The molecule has 19 heteroatoms. The van der Waals surface area contributed by atoms with E-state index in [0.717, 1.165) is 0 Å². The van der Waals surface area contributed by atoms with Gasteiger partial charge in [0.25, 0.3) is 23.1 Å². The Balaban J connectivity index is 1.26. The standard InChI is InChI=1S/C50H60O16Si3/c1-67(2,31-19-29-59-41(33-61-47(55)43(51)37-21-11-7-12-22-37)34-62-48(56)44(52)38-23-13-8-14-24-38)65-69(5,6)66-68(3,4)32-20-30-60-42(35-63-49(57)45(53)39-25-15-9-16-26-39)36-64-50(58)46(54)40-27-17-10-18-28-40/h7-18,21-28,41-42H,19-20,29-36H2,1-6H3. The molecule has 0 saturated carbocycles. The van der Waals surface area contributed by atoms with Gasteiger partial charge in [-0.25, -0.2) is 19.2 Å². The molecule has 0 saturated heterocycles. The zero-order chi connectivity index (χ0) is 50.5. The Morgan fingerprint density at radius 1 is 0.377 bits per heavy atom. The summed E-state index contributed by atoms with van der Waals surface area (Å²) >= 11 is 0. The van der Waals surface area contributed by atoms with Gasteiger partial charge in [-0.3, -0.25) is 19.2 Å². The molecule has 0 aliphatic carbocycles. The number of hydrogen-bond donors (Lipinski definition) is 0. The van der Waals surface area contributed by atoms with Gasteiger partial charge in [0.05, 0.1) is 0 Å². The van der Waals surface area contributed by atoms with Gasteiger partial charge in [-0.1, -0.05) is 121 Å². The van der Waals surface area contributed by atoms with Gasteiger partial charge in [0, 0.05) is 35.5 Å². The van der Waals surface area contributed by atoms with Crippen molar-refractivity contribution in [1.82, 2.24) is 0 Å². The topological polar surface area (TPSA) is 210 Å². The first-order valence-corrected chi connectivity index (χ1v) is 31.5. The van der Waals surface area contributed by atoms with Crippen molar-refractivity contribution in [2.45, 2.75) is 76.4 Å². The maximum atomic E-state index is 12.6. The second kappa shape index (κ2) is 27.2. The van der Waals surface area contributed by atoms with Crippen LogP contribution in [0.25, 0.3) is 0 Å². The molecule has 0 atom stereocenters. The maximum absolute atomic E-state index is 12.6. The molecule has 368 valence electrons. The molecular formula is C50H60O16Si3. The third kappa shape index (κ3) is 19.8. The van der Waals surface area contributed by atoms with E-state index in [1.165, 1.54) is 48.5 Å². The molecule has 0 unspecified atom stereocenters. The fourth-order valence-electron chi connectivity index (χ4n) is 7.00. The van der Waals surface area contributed by atoms with E-state index < -0.39 is 111 Å². The highest BCUT2D eigenvalue weighted by Crippen LogP contribution is 2.26. The van der Waals surface area contributed by atoms with Crippen LogP contribution in [0.5, 0.6) is 0 Å². The van der Waals surface area contributed by atoms with Gasteiger partial charge in [-0.15, -0.1) is 0 Å².